The molecule has 0 saturated heterocycles. The smallest absolute Gasteiger partial charge is 0.260 e. The van der Waals surface area contributed by atoms with Crippen LogP contribution in [-0.2, 0) is 16.1 Å². The summed E-state index contributed by atoms with van der Waals surface area (Å²) in [6.45, 7) is 0.490. The van der Waals surface area contributed by atoms with Crippen LogP contribution in [0.15, 0.2) is 42.5 Å². The number of hydrogen-bond donors (Lipinski definition) is 1. The number of nitrogens with zero attached hydrogens (tertiary/aromatic N) is 1. The van der Waals surface area contributed by atoms with Gasteiger partial charge >= 0.3 is 0 Å². The van der Waals surface area contributed by atoms with Crippen molar-refractivity contribution in [2.75, 3.05) is 20.7 Å². The summed E-state index contributed by atoms with van der Waals surface area (Å²) < 4.78 is 5.45. The summed E-state index contributed by atoms with van der Waals surface area (Å²) in [5.74, 6) is -0.148. The molecule has 0 bridgehead atoms. The Labute approximate surface area is 112 Å². The standard InChI is InChI=1S/C15H18N2O2/c1-17(2)16-15(18)11-19-10-13-8-5-7-12-6-3-4-9-14(12)13/h3-9H,10-11H2,1-2H3,(H,16,18). The van der Waals surface area contributed by atoms with E-state index < -0.39 is 0 Å². The Kier molecular flexibility index (Phi) is 4.49. The van der Waals surface area contributed by atoms with Crippen molar-refractivity contribution in [1.82, 2.24) is 10.4 Å². The third-order valence-electron chi connectivity index (χ3n) is 2.72. The fourth-order valence-electron chi connectivity index (χ4n) is 1.95. The molecular formula is C15H18N2O2. The molecular weight excluding hydrogens is 240 g/mol. The molecule has 0 aromatic heterocycles. The van der Waals surface area contributed by atoms with Gasteiger partial charge in [0, 0.05) is 14.1 Å². The molecule has 0 saturated carbocycles. The van der Waals surface area contributed by atoms with Crippen molar-refractivity contribution < 1.29 is 9.53 Å². The van der Waals surface area contributed by atoms with Gasteiger partial charge in [0.25, 0.3) is 5.91 Å². The van der Waals surface area contributed by atoms with Crippen LogP contribution in [-0.4, -0.2) is 31.6 Å². The molecule has 2 aromatic carbocycles. The first kappa shape index (κ1) is 13.5. The van der Waals surface area contributed by atoms with Crippen LogP contribution in [0.5, 0.6) is 0 Å². The number of hydrogen-bond acceptors (Lipinski definition) is 3. The van der Waals surface area contributed by atoms with Gasteiger partial charge in [-0.25, -0.2) is 5.01 Å². The Bertz CT molecular complexity index is 562. The van der Waals surface area contributed by atoms with E-state index in [1.165, 1.54) is 5.39 Å². The van der Waals surface area contributed by atoms with Gasteiger partial charge in [-0.1, -0.05) is 42.5 Å². The van der Waals surface area contributed by atoms with Crippen molar-refractivity contribution >= 4 is 16.7 Å². The summed E-state index contributed by atoms with van der Waals surface area (Å²) in [6.07, 6.45) is 0. The van der Waals surface area contributed by atoms with Crippen LogP contribution in [0.25, 0.3) is 10.8 Å². The van der Waals surface area contributed by atoms with Crippen LogP contribution in [0.1, 0.15) is 5.56 Å². The first-order valence-electron chi connectivity index (χ1n) is 6.18. The molecule has 19 heavy (non-hydrogen) atoms. The number of fused-ring (bicyclic) bond motifs is 1. The summed E-state index contributed by atoms with van der Waals surface area (Å²) in [6, 6.07) is 14.2. The lowest BCUT2D eigenvalue weighted by Gasteiger charge is -2.12. The fraction of sp³-hybridized carbons (Fsp3) is 0.267. The van der Waals surface area contributed by atoms with Gasteiger partial charge in [-0.05, 0) is 16.3 Å². The molecule has 0 aliphatic heterocycles. The van der Waals surface area contributed by atoms with E-state index in [1.807, 2.05) is 24.3 Å². The average molecular weight is 258 g/mol. The molecule has 0 fully saturated rings. The number of benzene rings is 2. The zero-order valence-electron chi connectivity index (χ0n) is 11.2. The van der Waals surface area contributed by atoms with E-state index in [9.17, 15) is 4.79 Å². The van der Waals surface area contributed by atoms with Crippen LogP contribution < -0.4 is 5.43 Å². The summed E-state index contributed by atoms with van der Waals surface area (Å²) in [5, 5.41) is 3.95. The lowest BCUT2D eigenvalue weighted by atomic mass is 10.1. The van der Waals surface area contributed by atoms with Gasteiger partial charge in [-0.3, -0.25) is 10.2 Å². The molecule has 0 spiro atoms. The van der Waals surface area contributed by atoms with Crippen molar-refractivity contribution in [3.63, 3.8) is 0 Å². The molecule has 0 heterocycles. The Morgan fingerprint density at radius 1 is 1.16 bits per heavy atom. The van der Waals surface area contributed by atoms with E-state index in [2.05, 4.69) is 23.6 Å². The van der Waals surface area contributed by atoms with Crippen molar-refractivity contribution in [1.29, 1.82) is 0 Å². The normalized spacial score (nSPS) is 10.9. The minimum atomic E-state index is -0.148. The van der Waals surface area contributed by atoms with Crippen molar-refractivity contribution in [3.8, 4) is 0 Å². The summed E-state index contributed by atoms with van der Waals surface area (Å²) in [5.41, 5.74) is 3.73. The predicted octanol–water partition coefficient (Wildman–Crippen LogP) is 1.95. The zero-order chi connectivity index (χ0) is 13.7. The summed E-state index contributed by atoms with van der Waals surface area (Å²) >= 11 is 0. The zero-order valence-corrected chi connectivity index (χ0v) is 11.2. The Morgan fingerprint density at radius 3 is 2.68 bits per heavy atom. The number of carbonyl (C=O) groups is 1. The second kappa shape index (κ2) is 6.31. The van der Waals surface area contributed by atoms with Crippen LogP contribution in [0.2, 0.25) is 0 Å². The number of ether oxygens (including phenoxy) is 1. The molecule has 0 radical (unpaired) electrons. The highest BCUT2D eigenvalue weighted by atomic mass is 16.5. The van der Waals surface area contributed by atoms with E-state index >= 15 is 0 Å². The quantitative estimate of drug-likeness (QED) is 0.833. The predicted molar refractivity (Wildman–Crippen MR) is 75.4 cm³/mol. The van der Waals surface area contributed by atoms with Crippen LogP contribution in [0, 0.1) is 0 Å². The van der Waals surface area contributed by atoms with Crippen molar-refractivity contribution in [2.24, 2.45) is 0 Å². The van der Waals surface area contributed by atoms with Gasteiger partial charge in [0.2, 0.25) is 0 Å². The molecule has 4 nitrogen and oxygen atoms in total. The molecule has 2 rings (SSSR count). The lowest BCUT2D eigenvalue weighted by Crippen LogP contribution is -2.38. The number of nitrogens with one attached hydrogen (secondary N) is 1. The molecule has 1 N–H and O–H groups in total. The molecule has 0 aliphatic rings. The van der Waals surface area contributed by atoms with E-state index in [0.717, 1.165) is 10.9 Å². The number of rotatable bonds is 5. The second-order valence-electron chi connectivity index (χ2n) is 4.56. The van der Waals surface area contributed by atoms with Gasteiger partial charge in [0.05, 0.1) is 6.61 Å². The maximum atomic E-state index is 11.4. The van der Waals surface area contributed by atoms with E-state index in [1.54, 1.807) is 19.1 Å². The van der Waals surface area contributed by atoms with Crippen LogP contribution in [0.3, 0.4) is 0 Å². The molecule has 0 atom stereocenters. The Morgan fingerprint density at radius 2 is 1.89 bits per heavy atom. The largest absolute Gasteiger partial charge is 0.367 e. The van der Waals surface area contributed by atoms with Gasteiger partial charge in [0.1, 0.15) is 6.61 Å². The van der Waals surface area contributed by atoms with E-state index in [0.29, 0.717) is 6.61 Å². The maximum absolute atomic E-state index is 11.4. The van der Waals surface area contributed by atoms with Gasteiger partial charge < -0.3 is 4.74 Å². The molecule has 0 aliphatic carbocycles. The SMILES string of the molecule is CN(C)NC(=O)COCc1cccc2ccccc12. The van der Waals surface area contributed by atoms with Crippen LogP contribution >= 0.6 is 0 Å². The Hall–Kier alpha value is -1.91. The number of hydrazine groups is 1. The molecule has 1 amide bonds. The second-order valence-corrected chi connectivity index (χ2v) is 4.56. The Balaban J connectivity index is 1.97. The number of carbonyl (C=O) groups excluding carboxylic acids is 1. The minimum Gasteiger partial charge on any atom is -0.367 e. The first-order chi connectivity index (χ1) is 9.16. The monoisotopic (exact) mass is 258 g/mol. The lowest BCUT2D eigenvalue weighted by molar-refractivity contribution is -0.129. The van der Waals surface area contributed by atoms with Crippen LogP contribution in [0.4, 0.5) is 0 Å². The third kappa shape index (κ3) is 3.77. The topological polar surface area (TPSA) is 41.6 Å². The maximum Gasteiger partial charge on any atom is 0.260 e. The highest BCUT2D eigenvalue weighted by Gasteiger charge is 2.04. The summed E-state index contributed by atoms with van der Waals surface area (Å²) in [4.78, 5) is 11.4. The highest BCUT2D eigenvalue weighted by Crippen LogP contribution is 2.18. The molecule has 4 heteroatoms. The fourth-order valence-corrected chi connectivity index (χ4v) is 1.95. The molecule has 100 valence electrons. The highest BCUT2D eigenvalue weighted by molar-refractivity contribution is 5.85. The minimum absolute atomic E-state index is 0.0569. The number of amides is 1. The summed E-state index contributed by atoms with van der Waals surface area (Å²) in [7, 11) is 3.53. The first-order valence-corrected chi connectivity index (χ1v) is 6.18. The van der Waals surface area contributed by atoms with Crippen molar-refractivity contribution in [3.05, 3.63) is 48.0 Å². The van der Waals surface area contributed by atoms with Gasteiger partial charge in [-0.15, -0.1) is 0 Å². The molecule has 2 aromatic rings. The average Bonchev–Trinajstić information content (AvgIpc) is 2.38. The third-order valence-corrected chi connectivity index (χ3v) is 2.72. The molecule has 0 unspecified atom stereocenters. The van der Waals surface area contributed by atoms with E-state index in [-0.39, 0.29) is 12.5 Å². The van der Waals surface area contributed by atoms with Gasteiger partial charge in [-0.2, -0.15) is 0 Å². The van der Waals surface area contributed by atoms with Crippen molar-refractivity contribution in [2.45, 2.75) is 6.61 Å². The van der Waals surface area contributed by atoms with E-state index in [4.69, 9.17) is 4.74 Å². The van der Waals surface area contributed by atoms with Gasteiger partial charge in [0.15, 0.2) is 0 Å².